The Morgan fingerprint density at radius 3 is 0.818 bits per heavy atom. The van der Waals surface area contributed by atoms with Crippen molar-refractivity contribution in [1.29, 1.82) is 0 Å². The third-order valence-electron chi connectivity index (χ3n) is 2.43. The van der Waals surface area contributed by atoms with Crippen LogP contribution >= 0.6 is 0 Å². The van der Waals surface area contributed by atoms with E-state index in [1.54, 1.807) is 0 Å². The largest absolute Gasteiger partial charge is 1.00 e. The quantitative estimate of drug-likeness (QED) is 0.308. The molecule has 0 aliphatic heterocycles. The Labute approximate surface area is 150 Å². The van der Waals surface area contributed by atoms with Crippen LogP contribution in [0.2, 0.25) is 0 Å². The molecule has 0 aromatic rings. The van der Waals surface area contributed by atoms with E-state index in [-0.39, 0.29) is 18.9 Å². The molecule has 9 heteroatoms. The van der Waals surface area contributed by atoms with Crippen LogP contribution in [-0.2, 0) is 26.6 Å². The SMILES string of the molecule is CCO[Si]([CH-][Si](OCC)(OCC)OCC)(OCC)OCC.[Li+]. The predicted molar refractivity (Wildman–Crippen MR) is 85.6 cm³/mol. The first-order chi connectivity index (χ1) is 10.1. The van der Waals surface area contributed by atoms with E-state index < -0.39 is 17.6 Å². The number of hydrogen-bond donors (Lipinski definition) is 0. The van der Waals surface area contributed by atoms with E-state index in [0.717, 1.165) is 0 Å². The molecule has 0 atom stereocenters. The molecule has 0 aliphatic carbocycles. The average molecular weight is 346 g/mol. The van der Waals surface area contributed by atoms with Gasteiger partial charge in [-0.15, -0.1) is 0 Å². The third kappa shape index (κ3) is 8.59. The number of rotatable bonds is 14. The van der Waals surface area contributed by atoms with Gasteiger partial charge in [0, 0.05) is 39.6 Å². The Kier molecular flexibility index (Phi) is 16.1. The van der Waals surface area contributed by atoms with Crippen molar-refractivity contribution >= 4 is 17.6 Å². The van der Waals surface area contributed by atoms with Gasteiger partial charge in [0.15, 0.2) is 0 Å². The van der Waals surface area contributed by atoms with Crippen molar-refractivity contribution in [3.05, 3.63) is 5.67 Å². The monoisotopic (exact) mass is 346 g/mol. The first kappa shape index (κ1) is 25.0. The maximum absolute atomic E-state index is 5.84. The molecule has 0 radical (unpaired) electrons. The zero-order chi connectivity index (χ0) is 16.2. The van der Waals surface area contributed by atoms with Crippen LogP contribution in [-0.4, -0.2) is 57.3 Å². The van der Waals surface area contributed by atoms with Gasteiger partial charge in [0.1, 0.15) is 0 Å². The second-order valence-electron chi connectivity index (χ2n) is 3.95. The van der Waals surface area contributed by atoms with Crippen molar-refractivity contribution in [2.45, 2.75) is 41.5 Å². The molecule has 0 unspecified atom stereocenters. The molecule has 0 saturated carbocycles. The molecular weight excluding hydrogens is 315 g/mol. The van der Waals surface area contributed by atoms with Gasteiger partial charge in [-0.2, -0.15) is 5.67 Å². The van der Waals surface area contributed by atoms with E-state index >= 15 is 0 Å². The fraction of sp³-hybridized carbons (Fsp3) is 0.923. The van der Waals surface area contributed by atoms with Gasteiger partial charge in [0.2, 0.25) is 0 Å². The average Bonchev–Trinajstić information content (AvgIpc) is 2.40. The standard InChI is InChI=1S/C13H31O6Si2.Li/c1-7-14-20(15-8-2,16-9-3)13-21(17-10-4,18-11-5)19-12-6;/h13H,7-12H2,1-6H3;/q-1;+1. The van der Waals surface area contributed by atoms with Crippen molar-refractivity contribution in [1.82, 2.24) is 0 Å². The summed E-state index contributed by atoms with van der Waals surface area (Å²) in [5, 5.41) is 0. The smallest absolute Gasteiger partial charge is 0.394 e. The molecule has 0 amide bonds. The summed E-state index contributed by atoms with van der Waals surface area (Å²) in [7, 11) is -5.96. The third-order valence-corrected chi connectivity index (χ3v) is 9.40. The van der Waals surface area contributed by atoms with Gasteiger partial charge in [-0.05, 0) is 41.5 Å². The summed E-state index contributed by atoms with van der Waals surface area (Å²) in [6, 6.07) is 0. The van der Waals surface area contributed by atoms with Gasteiger partial charge >= 0.3 is 36.5 Å². The van der Waals surface area contributed by atoms with Crippen molar-refractivity contribution in [3.63, 3.8) is 0 Å². The molecule has 0 N–H and O–H groups in total. The molecule has 0 aromatic heterocycles. The molecule has 6 nitrogen and oxygen atoms in total. The van der Waals surface area contributed by atoms with E-state index in [0.29, 0.717) is 39.6 Å². The van der Waals surface area contributed by atoms with Crippen LogP contribution in [0.5, 0.6) is 0 Å². The van der Waals surface area contributed by atoms with Crippen molar-refractivity contribution < 1.29 is 45.4 Å². The van der Waals surface area contributed by atoms with Crippen molar-refractivity contribution in [2.75, 3.05) is 39.6 Å². The summed E-state index contributed by atoms with van der Waals surface area (Å²) >= 11 is 0. The Morgan fingerprint density at radius 2 is 0.682 bits per heavy atom. The summed E-state index contributed by atoms with van der Waals surface area (Å²) < 4.78 is 35.0. The maximum Gasteiger partial charge on any atom is 1.00 e. The Balaban J connectivity index is 0. The molecule has 0 bridgehead atoms. The second kappa shape index (κ2) is 14.2. The van der Waals surface area contributed by atoms with Crippen LogP contribution in [0.3, 0.4) is 0 Å². The number of hydrogen-bond acceptors (Lipinski definition) is 6. The maximum atomic E-state index is 5.84. The van der Waals surface area contributed by atoms with Gasteiger partial charge in [-0.25, -0.2) is 0 Å². The predicted octanol–water partition coefficient (Wildman–Crippen LogP) is -0.630. The van der Waals surface area contributed by atoms with E-state index in [4.69, 9.17) is 26.6 Å². The van der Waals surface area contributed by atoms with Crippen LogP contribution in [0.15, 0.2) is 0 Å². The summed E-state index contributed by atoms with van der Waals surface area (Å²) in [4.78, 5) is 0. The Hall–Kier alpha value is 0.791. The molecular formula is C13H31LiO6Si2. The van der Waals surface area contributed by atoms with Gasteiger partial charge in [-0.1, -0.05) is 0 Å². The zero-order valence-electron chi connectivity index (χ0n) is 15.3. The van der Waals surface area contributed by atoms with Crippen molar-refractivity contribution in [2.24, 2.45) is 0 Å². The van der Waals surface area contributed by atoms with Crippen LogP contribution in [0, 0.1) is 5.67 Å². The summed E-state index contributed by atoms with van der Waals surface area (Å²) in [5.41, 5.74) is 1.84. The van der Waals surface area contributed by atoms with E-state index in [1.807, 2.05) is 47.2 Å². The summed E-state index contributed by atoms with van der Waals surface area (Å²) in [5.74, 6) is 0. The normalized spacial score (nSPS) is 12.3. The van der Waals surface area contributed by atoms with E-state index in [1.165, 1.54) is 0 Å². The van der Waals surface area contributed by atoms with Crippen LogP contribution in [0.4, 0.5) is 0 Å². The minimum Gasteiger partial charge on any atom is -0.394 e. The van der Waals surface area contributed by atoms with E-state index in [2.05, 4.69) is 0 Å². The van der Waals surface area contributed by atoms with Crippen LogP contribution < -0.4 is 18.9 Å². The van der Waals surface area contributed by atoms with Gasteiger partial charge in [-0.3, -0.25) is 0 Å². The molecule has 128 valence electrons. The molecule has 0 aromatic carbocycles. The molecule has 0 heterocycles. The van der Waals surface area contributed by atoms with Gasteiger partial charge < -0.3 is 26.6 Å². The molecule has 0 rings (SSSR count). The minimum absolute atomic E-state index is 0. The second-order valence-corrected chi connectivity index (χ2v) is 9.25. The van der Waals surface area contributed by atoms with Crippen LogP contribution in [0.25, 0.3) is 0 Å². The molecule has 0 fully saturated rings. The molecule has 0 saturated heterocycles. The van der Waals surface area contributed by atoms with E-state index in [9.17, 15) is 0 Å². The zero-order valence-corrected chi connectivity index (χ0v) is 17.3. The fourth-order valence-corrected chi connectivity index (χ4v) is 8.57. The fourth-order valence-electron chi connectivity index (χ4n) is 1.92. The van der Waals surface area contributed by atoms with Gasteiger partial charge in [0.25, 0.3) is 0 Å². The van der Waals surface area contributed by atoms with Gasteiger partial charge in [0.05, 0.1) is 0 Å². The molecule has 0 aliphatic rings. The summed E-state index contributed by atoms with van der Waals surface area (Å²) in [6.45, 7) is 14.5. The molecule has 22 heavy (non-hydrogen) atoms. The molecule has 0 spiro atoms. The van der Waals surface area contributed by atoms with Crippen molar-refractivity contribution in [3.8, 4) is 0 Å². The first-order valence-corrected chi connectivity index (χ1v) is 11.4. The topological polar surface area (TPSA) is 55.4 Å². The van der Waals surface area contributed by atoms with Crippen LogP contribution in [0.1, 0.15) is 41.5 Å². The Bertz CT molecular complexity index is 203. The Morgan fingerprint density at radius 1 is 0.500 bits per heavy atom. The minimum atomic E-state index is -2.98. The first-order valence-electron chi connectivity index (χ1n) is 7.78. The summed E-state index contributed by atoms with van der Waals surface area (Å²) in [6.07, 6.45) is 0.